The first-order valence-electron chi connectivity index (χ1n) is 8.56. The van der Waals surface area contributed by atoms with E-state index in [4.69, 9.17) is 0 Å². The van der Waals surface area contributed by atoms with Crippen LogP contribution in [-0.4, -0.2) is 33.2 Å². The van der Waals surface area contributed by atoms with Crippen molar-refractivity contribution >= 4 is 21.6 Å². The number of hydrogen-bond acceptors (Lipinski definition) is 3. The Labute approximate surface area is 162 Å². The maximum Gasteiger partial charge on any atom is 0.243 e. The highest BCUT2D eigenvalue weighted by Crippen LogP contribution is 2.23. The Balaban J connectivity index is 2.01. The number of nitrogens with zero attached hydrogens (tertiary/aromatic N) is 1. The molecule has 5 nitrogen and oxygen atoms in total. The third-order valence-electron chi connectivity index (χ3n) is 4.10. The summed E-state index contributed by atoms with van der Waals surface area (Å²) in [6.07, 6.45) is 2.05. The highest BCUT2D eigenvalue weighted by Gasteiger charge is 2.29. The monoisotopic (exact) mass is 414 g/mol. The molecule has 0 spiro atoms. The Bertz CT molecular complexity index is 934. The van der Waals surface area contributed by atoms with Crippen LogP contribution in [0.2, 0.25) is 0 Å². The molecule has 0 aliphatic carbocycles. The van der Waals surface area contributed by atoms with Crippen LogP contribution in [-0.2, 0) is 21.2 Å². The van der Waals surface area contributed by atoms with Gasteiger partial charge in [-0.05, 0) is 49.6 Å². The first kappa shape index (κ1) is 21.7. The first-order chi connectivity index (χ1) is 13.1. The fraction of sp³-hybridized carbons (Fsp3) is 0.316. The Hall–Kier alpha value is -2.55. The van der Waals surface area contributed by atoms with Crippen LogP contribution in [0.1, 0.15) is 18.9 Å². The summed E-state index contributed by atoms with van der Waals surface area (Å²) in [5.41, 5.74) is 0.763. The summed E-state index contributed by atoms with van der Waals surface area (Å²) in [5, 5.41) is 2.63. The zero-order chi connectivity index (χ0) is 20.9. The minimum atomic E-state index is -3.92. The van der Waals surface area contributed by atoms with E-state index in [0.717, 1.165) is 34.3 Å². The summed E-state index contributed by atoms with van der Waals surface area (Å²) in [7, 11) is -3.92. The Morgan fingerprint density at radius 2 is 1.71 bits per heavy atom. The first-order valence-corrected chi connectivity index (χ1v) is 10.4. The molecule has 1 amide bonds. The van der Waals surface area contributed by atoms with Crippen molar-refractivity contribution in [1.82, 2.24) is 5.32 Å². The number of nitrogens with one attached hydrogen (secondary N) is 1. The van der Waals surface area contributed by atoms with Crippen molar-refractivity contribution < 1.29 is 26.4 Å². The van der Waals surface area contributed by atoms with Crippen LogP contribution in [0, 0.1) is 17.5 Å². The van der Waals surface area contributed by atoms with Gasteiger partial charge in [0, 0.05) is 12.6 Å². The summed E-state index contributed by atoms with van der Waals surface area (Å²) in [6.45, 7) is 1.63. The summed E-state index contributed by atoms with van der Waals surface area (Å²) >= 11 is 0. The predicted molar refractivity (Wildman–Crippen MR) is 101 cm³/mol. The van der Waals surface area contributed by atoms with Crippen molar-refractivity contribution in [2.45, 2.75) is 25.8 Å². The van der Waals surface area contributed by atoms with E-state index in [2.05, 4.69) is 5.32 Å². The van der Waals surface area contributed by atoms with E-state index in [1.54, 1.807) is 12.1 Å². The quantitative estimate of drug-likeness (QED) is 0.676. The van der Waals surface area contributed by atoms with Crippen LogP contribution in [0.3, 0.4) is 0 Å². The Kier molecular flexibility index (Phi) is 7.06. The highest BCUT2D eigenvalue weighted by molar-refractivity contribution is 7.92. The van der Waals surface area contributed by atoms with Crippen molar-refractivity contribution in [2.75, 3.05) is 17.1 Å². The van der Waals surface area contributed by atoms with Crippen LogP contribution in [0.4, 0.5) is 18.9 Å². The van der Waals surface area contributed by atoms with Crippen LogP contribution < -0.4 is 9.62 Å². The highest BCUT2D eigenvalue weighted by atomic mass is 32.2. The van der Waals surface area contributed by atoms with Gasteiger partial charge in [-0.15, -0.1) is 0 Å². The van der Waals surface area contributed by atoms with Crippen LogP contribution in [0.25, 0.3) is 0 Å². The molecule has 0 aliphatic rings. The van der Waals surface area contributed by atoms with Gasteiger partial charge in [-0.1, -0.05) is 12.1 Å². The van der Waals surface area contributed by atoms with Gasteiger partial charge in [0.05, 0.1) is 11.9 Å². The molecule has 0 heterocycles. The average molecular weight is 414 g/mol. The molecule has 152 valence electrons. The zero-order valence-electron chi connectivity index (χ0n) is 15.5. The van der Waals surface area contributed by atoms with E-state index >= 15 is 0 Å². The second-order valence-corrected chi connectivity index (χ2v) is 8.21. The number of aryl methyl sites for hydroxylation is 1. The molecule has 1 N–H and O–H groups in total. The molecule has 2 aromatic carbocycles. The van der Waals surface area contributed by atoms with Gasteiger partial charge in [0.15, 0.2) is 11.6 Å². The summed E-state index contributed by atoms with van der Waals surface area (Å²) in [6, 6.07) is 7.46. The minimum Gasteiger partial charge on any atom is -0.354 e. The topological polar surface area (TPSA) is 66.5 Å². The van der Waals surface area contributed by atoms with Crippen molar-refractivity contribution in [3.63, 3.8) is 0 Å². The van der Waals surface area contributed by atoms with E-state index in [-0.39, 0.29) is 18.0 Å². The molecule has 28 heavy (non-hydrogen) atoms. The van der Waals surface area contributed by atoms with E-state index < -0.39 is 33.6 Å². The van der Waals surface area contributed by atoms with Gasteiger partial charge in [-0.3, -0.25) is 9.10 Å². The molecule has 2 aromatic rings. The molecule has 0 aromatic heterocycles. The molecule has 0 aliphatic heterocycles. The van der Waals surface area contributed by atoms with Crippen molar-refractivity contribution in [2.24, 2.45) is 0 Å². The van der Waals surface area contributed by atoms with Crippen molar-refractivity contribution in [3.05, 3.63) is 65.5 Å². The maximum absolute atomic E-state index is 13.5. The Morgan fingerprint density at radius 1 is 1.07 bits per heavy atom. The van der Waals surface area contributed by atoms with E-state index in [1.807, 2.05) is 0 Å². The molecule has 0 radical (unpaired) electrons. The number of anilines is 1. The average Bonchev–Trinajstić information content (AvgIpc) is 2.62. The smallest absolute Gasteiger partial charge is 0.243 e. The number of amides is 1. The lowest BCUT2D eigenvalue weighted by Crippen LogP contribution is -2.48. The molecule has 9 heteroatoms. The second kappa shape index (κ2) is 9.09. The number of halogens is 3. The van der Waals surface area contributed by atoms with Gasteiger partial charge < -0.3 is 5.32 Å². The van der Waals surface area contributed by atoms with Crippen molar-refractivity contribution in [1.29, 1.82) is 0 Å². The standard InChI is InChI=1S/C19H21F3N2O3S/c1-13(19(25)23-11-3-4-14-5-7-15(20)8-6-14)24(28(2,26)27)16-9-10-17(21)18(22)12-16/h5-10,12-13H,3-4,11H2,1-2H3,(H,23,25)/t13-/m0/s1. The summed E-state index contributed by atoms with van der Waals surface area (Å²) in [5.74, 6) is -3.23. The van der Waals surface area contributed by atoms with Gasteiger partial charge in [0.2, 0.25) is 15.9 Å². The van der Waals surface area contributed by atoms with Gasteiger partial charge in [0.25, 0.3) is 0 Å². The summed E-state index contributed by atoms with van der Waals surface area (Å²) < 4.78 is 64.5. The molecule has 0 saturated heterocycles. The van der Waals surface area contributed by atoms with Crippen molar-refractivity contribution in [3.8, 4) is 0 Å². The third kappa shape index (κ3) is 5.72. The fourth-order valence-corrected chi connectivity index (χ4v) is 3.90. The van der Waals surface area contributed by atoms with E-state index in [9.17, 15) is 26.4 Å². The van der Waals surface area contributed by atoms with Gasteiger partial charge in [-0.25, -0.2) is 21.6 Å². The predicted octanol–water partition coefficient (Wildman–Crippen LogP) is 3.01. The number of hydrogen-bond donors (Lipinski definition) is 1. The van der Waals surface area contributed by atoms with E-state index in [0.29, 0.717) is 12.8 Å². The third-order valence-corrected chi connectivity index (χ3v) is 5.34. The number of carbonyl (C=O) groups excluding carboxylic acids is 1. The maximum atomic E-state index is 13.5. The van der Waals surface area contributed by atoms with Crippen LogP contribution in [0.5, 0.6) is 0 Å². The lowest BCUT2D eigenvalue weighted by atomic mass is 10.1. The molecule has 0 unspecified atom stereocenters. The largest absolute Gasteiger partial charge is 0.354 e. The second-order valence-electron chi connectivity index (χ2n) is 6.35. The minimum absolute atomic E-state index is 0.143. The molecule has 2 rings (SSSR count). The molecule has 0 saturated carbocycles. The SMILES string of the molecule is C[C@@H](C(=O)NCCCc1ccc(F)cc1)N(c1ccc(F)c(F)c1)S(C)(=O)=O. The van der Waals surface area contributed by atoms with Gasteiger partial charge >= 0.3 is 0 Å². The lowest BCUT2D eigenvalue weighted by molar-refractivity contribution is -0.121. The number of benzene rings is 2. The molecule has 0 fully saturated rings. The van der Waals surface area contributed by atoms with E-state index in [1.165, 1.54) is 19.1 Å². The zero-order valence-corrected chi connectivity index (χ0v) is 16.3. The Morgan fingerprint density at radius 3 is 2.29 bits per heavy atom. The summed E-state index contributed by atoms with van der Waals surface area (Å²) in [4.78, 5) is 12.4. The molecule has 0 bridgehead atoms. The lowest BCUT2D eigenvalue weighted by Gasteiger charge is -2.28. The normalized spacial score (nSPS) is 12.5. The molecular weight excluding hydrogens is 393 g/mol. The van der Waals surface area contributed by atoms with Crippen LogP contribution >= 0.6 is 0 Å². The number of sulfonamides is 1. The molecular formula is C19H21F3N2O3S. The fourth-order valence-electron chi connectivity index (χ4n) is 2.73. The number of rotatable bonds is 8. The van der Waals surface area contributed by atoms with Gasteiger partial charge in [0.1, 0.15) is 11.9 Å². The number of carbonyl (C=O) groups is 1. The van der Waals surface area contributed by atoms with Crippen LogP contribution in [0.15, 0.2) is 42.5 Å². The molecule has 1 atom stereocenters. The van der Waals surface area contributed by atoms with Gasteiger partial charge in [-0.2, -0.15) is 0 Å².